The van der Waals surface area contributed by atoms with Gasteiger partial charge < -0.3 is 15.7 Å². The van der Waals surface area contributed by atoms with Crippen LogP contribution in [0.5, 0.6) is 0 Å². The number of nitrogens with zero attached hydrogens (tertiary/aromatic N) is 1. The fourth-order valence-electron chi connectivity index (χ4n) is 2.32. The first-order chi connectivity index (χ1) is 11.8. The number of carbonyl (C=O) groups excluding carboxylic acids is 2. The Bertz CT molecular complexity index is 639. The van der Waals surface area contributed by atoms with Crippen LogP contribution in [0.2, 0.25) is 0 Å². The van der Waals surface area contributed by atoms with Crippen molar-refractivity contribution in [2.45, 2.75) is 45.2 Å². The van der Waals surface area contributed by atoms with Crippen molar-refractivity contribution < 1.29 is 19.5 Å². The minimum absolute atomic E-state index is 0.0202. The maximum Gasteiger partial charge on any atom is 0.326 e. The molecule has 0 bridgehead atoms. The van der Waals surface area contributed by atoms with Crippen LogP contribution < -0.4 is 10.6 Å². The third-order valence-electron chi connectivity index (χ3n) is 3.82. The zero-order chi connectivity index (χ0) is 18.8. The van der Waals surface area contributed by atoms with E-state index >= 15 is 0 Å². The van der Waals surface area contributed by atoms with E-state index in [9.17, 15) is 14.4 Å². The Balaban J connectivity index is 2.45. The van der Waals surface area contributed by atoms with E-state index in [2.05, 4.69) is 10.6 Å². The van der Waals surface area contributed by atoms with Crippen molar-refractivity contribution in [1.29, 1.82) is 5.26 Å². The normalized spacial score (nSPS) is 13.8. The molecule has 2 amide bonds. The highest BCUT2D eigenvalue weighted by Gasteiger charge is 2.26. The molecule has 1 rings (SSSR count). The van der Waals surface area contributed by atoms with Crippen LogP contribution in [0.1, 0.15) is 44.7 Å². The average Bonchev–Trinajstić information content (AvgIpc) is 2.58. The first kappa shape index (κ1) is 20.2. The first-order valence-corrected chi connectivity index (χ1v) is 8.08. The molecule has 0 heterocycles. The van der Waals surface area contributed by atoms with Crippen LogP contribution in [-0.4, -0.2) is 28.9 Å². The van der Waals surface area contributed by atoms with Crippen LogP contribution in [-0.2, 0) is 14.4 Å². The van der Waals surface area contributed by atoms with E-state index in [4.69, 9.17) is 10.4 Å². The number of carboxylic acid groups (broad SMARTS) is 1. The Morgan fingerprint density at radius 1 is 1.08 bits per heavy atom. The Labute approximate surface area is 147 Å². The number of hydrogen-bond acceptors (Lipinski definition) is 4. The molecule has 3 atom stereocenters. The zero-order valence-corrected chi connectivity index (χ0v) is 14.4. The molecule has 1 aromatic carbocycles. The quantitative estimate of drug-likeness (QED) is 0.630. The highest BCUT2D eigenvalue weighted by molar-refractivity contribution is 5.87. The molecule has 25 heavy (non-hydrogen) atoms. The van der Waals surface area contributed by atoms with Crippen LogP contribution in [0.3, 0.4) is 0 Å². The lowest BCUT2D eigenvalue weighted by molar-refractivity contribution is -0.143. The van der Waals surface area contributed by atoms with Gasteiger partial charge in [0.1, 0.15) is 6.04 Å². The number of hydrogen-bond donors (Lipinski definition) is 3. The van der Waals surface area contributed by atoms with Crippen molar-refractivity contribution in [2.24, 2.45) is 5.92 Å². The van der Waals surface area contributed by atoms with Gasteiger partial charge in [-0.15, -0.1) is 0 Å². The maximum atomic E-state index is 11.9. The molecule has 0 radical (unpaired) electrons. The van der Waals surface area contributed by atoms with Crippen LogP contribution in [0.25, 0.3) is 0 Å². The topological polar surface area (TPSA) is 119 Å². The molecular formula is C18H23N3O4. The van der Waals surface area contributed by atoms with Gasteiger partial charge in [-0.2, -0.15) is 5.26 Å². The summed E-state index contributed by atoms with van der Waals surface area (Å²) in [6.45, 7) is 3.42. The fourth-order valence-corrected chi connectivity index (χ4v) is 2.32. The molecule has 0 aromatic heterocycles. The molecule has 0 aliphatic heterocycles. The van der Waals surface area contributed by atoms with Crippen molar-refractivity contribution in [3.8, 4) is 6.07 Å². The lowest BCUT2D eigenvalue weighted by Crippen LogP contribution is -2.45. The largest absolute Gasteiger partial charge is 0.480 e. The molecule has 7 heteroatoms. The number of aliphatic carboxylic acids is 1. The average molecular weight is 345 g/mol. The third kappa shape index (κ3) is 7.04. The summed E-state index contributed by atoms with van der Waals surface area (Å²) < 4.78 is 0. The van der Waals surface area contributed by atoms with Gasteiger partial charge in [0.25, 0.3) is 0 Å². The summed E-state index contributed by atoms with van der Waals surface area (Å²) in [4.78, 5) is 35.0. The van der Waals surface area contributed by atoms with Crippen LogP contribution >= 0.6 is 0 Å². The molecule has 0 fully saturated rings. The van der Waals surface area contributed by atoms with Gasteiger partial charge in [-0.25, -0.2) is 4.79 Å². The van der Waals surface area contributed by atoms with E-state index < -0.39 is 23.8 Å². The minimum Gasteiger partial charge on any atom is -0.480 e. The van der Waals surface area contributed by atoms with Crippen molar-refractivity contribution in [2.75, 3.05) is 0 Å². The Morgan fingerprint density at radius 2 is 1.64 bits per heavy atom. The number of nitriles is 1. The summed E-state index contributed by atoms with van der Waals surface area (Å²) in [6.07, 6.45) is -0.134. The molecule has 0 aliphatic rings. The van der Waals surface area contributed by atoms with Crippen molar-refractivity contribution in [3.05, 3.63) is 35.9 Å². The van der Waals surface area contributed by atoms with Crippen molar-refractivity contribution in [1.82, 2.24) is 10.6 Å². The molecule has 3 N–H and O–H groups in total. The summed E-state index contributed by atoms with van der Waals surface area (Å²) in [5, 5.41) is 22.9. The number of amides is 2. The number of benzene rings is 1. The Kier molecular flexibility index (Phi) is 8.13. The fraction of sp³-hybridized carbons (Fsp3) is 0.444. The van der Waals surface area contributed by atoms with E-state index in [0.29, 0.717) is 0 Å². The summed E-state index contributed by atoms with van der Waals surface area (Å²) in [5.74, 6) is -2.53. The minimum atomic E-state index is -1.20. The molecule has 0 unspecified atom stereocenters. The molecule has 0 saturated heterocycles. The maximum absolute atomic E-state index is 11.9. The Morgan fingerprint density at radius 3 is 2.16 bits per heavy atom. The van der Waals surface area contributed by atoms with Gasteiger partial charge in [-0.1, -0.05) is 37.3 Å². The molecule has 134 valence electrons. The van der Waals surface area contributed by atoms with Gasteiger partial charge in [0.05, 0.1) is 12.1 Å². The van der Waals surface area contributed by atoms with Crippen molar-refractivity contribution >= 4 is 17.8 Å². The monoisotopic (exact) mass is 345 g/mol. The number of carbonyl (C=O) groups is 3. The smallest absolute Gasteiger partial charge is 0.326 e. The summed E-state index contributed by atoms with van der Waals surface area (Å²) in [6, 6.07) is 9.99. The van der Waals surface area contributed by atoms with Crippen LogP contribution in [0.4, 0.5) is 0 Å². The van der Waals surface area contributed by atoms with E-state index in [1.165, 1.54) is 0 Å². The predicted molar refractivity (Wildman–Crippen MR) is 91.2 cm³/mol. The molecule has 0 aliphatic carbocycles. The summed E-state index contributed by atoms with van der Waals surface area (Å²) >= 11 is 0. The number of rotatable bonds is 9. The standard InChI is InChI=1S/C18H23N3O4/c1-12(10-11-19)17(18(24)25)21-16(23)9-8-15(22)20-13(2)14-6-4-3-5-7-14/h3-7,12-13,17H,8-10H2,1-2H3,(H,20,22)(H,21,23)(H,24,25)/t12-,13+,17-/m0/s1. The zero-order valence-electron chi connectivity index (χ0n) is 14.4. The first-order valence-electron chi connectivity index (χ1n) is 8.08. The van der Waals surface area contributed by atoms with Gasteiger partial charge >= 0.3 is 5.97 Å². The molecular weight excluding hydrogens is 322 g/mol. The van der Waals surface area contributed by atoms with Crippen LogP contribution in [0.15, 0.2) is 30.3 Å². The summed E-state index contributed by atoms with van der Waals surface area (Å²) in [7, 11) is 0. The van der Waals surface area contributed by atoms with Gasteiger partial charge in [0.2, 0.25) is 11.8 Å². The second-order valence-electron chi connectivity index (χ2n) is 5.92. The van der Waals surface area contributed by atoms with Crippen molar-refractivity contribution in [3.63, 3.8) is 0 Å². The lowest BCUT2D eigenvalue weighted by atomic mass is 9.99. The van der Waals surface area contributed by atoms with Crippen LogP contribution in [0, 0.1) is 17.2 Å². The number of carboxylic acids is 1. The second-order valence-corrected chi connectivity index (χ2v) is 5.92. The van der Waals surface area contributed by atoms with E-state index in [1.54, 1.807) is 6.92 Å². The molecule has 0 saturated carbocycles. The number of nitrogens with one attached hydrogen (secondary N) is 2. The van der Waals surface area contributed by atoms with E-state index in [0.717, 1.165) is 5.56 Å². The van der Waals surface area contributed by atoms with Gasteiger partial charge in [-0.3, -0.25) is 9.59 Å². The highest BCUT2D eigenvalue weighted by Crippen LogP contribution is 2.12. The molecule has 7 nitrogen and oxygen atoms in total. The van der Waals surface area contributed by atoms with E-state index in [-0.39, 0.29) is 31.2 Å². The summed E-state index contributed by atoms with van der Waals surface area (Å²) in [5.41, 5.74) is 0.955. The lowest BCUT2D eigenvalue weighted by Gasteiger charge is -2.19. The SMILES string of the molecule is C[C@@H](NC(=O)CCC(=O)N[C@H](C(=O)O)[C@@H](C)CC#N)c1ccccc1. The van der Waals surface area contributed by atoms with Gasteiger partial charge in [0.15, 0.2) is 0 Å². The third-order valence-corrected chi connectivity index (χ3v) is 3.82. The van der Waals surface area contributed by atoms with E-state index in [1.807, 2.05) is 43.3 Å². The molecule has 0 spiro atoms. The molecule has 1 aromatic rings. The van der Waals surface area contributed by atoms with Gasteiger partial charge in [0, 0.05) is 25.2 Å². The highest BCUT2D eigenvalue weighted by atomic mass is 16.4. The van der Waals surface area contributed by atoms with Gasteiger partial charge in [-0.05, 0) is 12.5 Å². The Hall–Kier alpha value is -2.88. The predicted octanol–water partition coefficient (Wildman–Crippen LogP) is 1.76. The second kappa shape index (κ2) is 10.1.